The van der Waals surface area contributed by atoms with Crippen LogP contribution in [0.2, 0.25) is 0 Å². The van der Waals surface area contributed by atoms with Crippen LogP contribution in [-0.2, 0) is 10.2 Å². The number of rotatable bonds is 3. The summed E-state index contributed by atoms with van der Waals surface area (Å²) in [5.74, 6) is 0.817. The third kappa shape index (κ3) is 4.15. The number of carbonyl (C=O) groups is 2. The highest BCUT2D eigenvalue weighted by molar-refractivity contribution is 8.18. The van der Waals surface area contributed by atoms with Crippen molar-refractivity contribution in [1.29, 1.82) is 0 Å². The van der Waals surface area contributed by atoms with Gasteiger partial charge in [-0.2, -0.15) is 4.99 Å². The molecule has 0 radical (unpaired) electrons. The van der Waals surface area contributed by atoms with Gasteiger partial charge < -0.3 is 10.8 Å². The number of nitrogens with zero attached hydrogens (tertiary/aromatic N) is 1. The van der Waals surface area contributed by atoms with E-state index in [2.05, 4.69) is 15.8 Å². The molecule has 5 N–H and O–H groups in total. The Morgan fingerprint density at radius 1 is 1.11 bits per heavy atom. The first-order valence-electron chi connectivity index (χ1n) is 12.3. The van der Waals surface area contributed by atoms with Gasteiger partial charge in [0.25, 0.3) is 5.91 Å². The fraction of sp³-hybridized carbons (Fsp3) is 0.370. The number of primary amides is 1. The van der Waals surface area contributed by atoms with Crippen molar-refractivity contribution in [2.75, 3.05) is 0 Å². The highest BCUT2D eigenvalue weighted by Crippen LogP contribution is 2.62. The lowest BCUT2D eigenvalue weighted by molar-refractivity contribution is -0.113. The molecule has 4 fully saturated rings. The fourth-order valence-corrected chi connectivity index (χ4v) is 7.91. The van der Waals surface area contributed by atoms with Crippen LogP contribution in [0, 0.1) is 23.6 Å². The van der Waals surface area contributed by atoms with Crippen LogP contribution in [0.3, 0.4) is 0 Å². The molecule has 1 aliphatic heterocycles. The van der Waals surface area contributed by atoms with Crippen molar-refractivity contribution in [3.63, 3.8) is 0 Å². The topological polar surface area (TPSA) is 117 Å². The van der Waals surface area contributed by atoms with Gasteiger partial charge in [-0.3, -0.25) is 15.6 Å². The third-order valence-corrected chi connectivity index (χ3v) is 9.00. The molecule has 0 spiro atoms. The van der Waals surface area contributed by atoms with Gasteiger partial charge in [-0.1, -0.05) is 18.2 Å². The SMILES string of the molecule is NC(=O)NNC1=NC(=O)C(=Cc2cccc(-c3cc(F)c(O)c(C45CC6CC(CC(C6)C4)C5)c3)c2)S1. The van der Waals surface area contributed by atoms with Gasteiger partial charge in [-0.05, 0) is 114 Å². The zero-order chi connectivity index (χ0) is 25.0. The summed E-state index contributed by atoms with van der Waals surface area (Å²) in [6, 6.07) is 10.1. The van der Waals surface area contributed by atoms with Crippen LogP contribution < -0.4 is 16.6 Å². The summed E-state index contributed by atoms with van der Waals surface area (Å²) < 4.78 is 15.1. The van der Waals surface area contributed by atoms with Crippen LogP contribution in [0.1, 0.15) is 49.7 Å². The van der Waals surface area contributed by atoms with E-state index in [4.69, 9.17) is 5.73 Å². The van der Waals surface area contributed by atoms with Gasteiger partial charge in [0.2, 0.25) is 0 Å². The van der Waals surface area contributed by atoms with E-state index in [-0.39, 0.29) is 16.3 Å². The molecule has 4 aliphatic carbocycles. The number of urea groups is 1. The number of carbonyl (C=O) groups excluding carboxylic acids is 2. The molecule has 7 nitrogen and oxygen atoms in total. The molecule has 36 heavy (non-hydrogen) atoms. The van der Waals surface area contributed by atoms with Crippen molar-refractivity contribution in [1.82, 2.24) is 10.9 Å². The molecule has 0 unspecified atom stereocenters. The number of hydrogen-bond acceptors (Lipinski definition) is 5. The molecule has 0 aromatic heterocycles. The number of aliphatic imine (C=N–C) groups is 1. The van der Waals surface area contributed by atoms with Crippen LogP contribution in [0.5, 0.6) is 5.75 Å². The molecule has 5 aliphatic rings. The largest absolute Gasteiger partial charge is 0.505 e. The maximum absolute atomic E-state index is 15.1. The number of amides is 3. The summed E-state index contributed by atoms with van der Waals surface area (Å²) in [6.45, 7) is 0. The summed E-state index contributed by atoms with van der Waals surface area (Å²) in [6.07, 6.45) is 8.61. The second-order valence-electron chi connectivity index (χ2n) is 10.6. The highest BCUT2D eigenvalue weighted by Gasteiger charge is 2.52. The standard InChI is InChI=1S/C27H27FN4O3S/c28-21-10-19(9-20(23(21)33)27-11-15-4-16(12-27)6-17(5-15)13-27)18-3-1-2-14(7-18)8-22-24(34)30-26(36-22)32-31-25(29)35/h1-3,7-10,15-17,33H,4-6,11-13H2,(H3,29,31,35)(H,30,32,34). The Bertz CT molecular complexity index is 1300. The molecular weight excluding hydrogens is 479 g/mol. The zero-order valence-corrected chi connectivity index (χ0v) is 20.4. The second-order valence-corrected chi connectivity index (χ2v) is 11.7. The quantitative estimate of drug-likeness (QED) is 0.352. The maximum Gasteiger partial charge on any atom is 0.330 e. The van der Waals surface area contributed by atoms with Crippen LogP contribution in [-0.4, -0.2) is 22.2 Å². The number of hydrogen-bond donors (Lipinski definition) is 4. The molecule has 2 aromatic carbocycles. The third-order valence-electron chi connectivity index (χ3n) is 8.10. The lowest BCUT2D eigenvalue weighted by Crippen LogP contribution is -2.48. The Hall–Kier alpha value is -3.33. The zero-order valence-electron chi connectivity index (χ0n) is 19.6. The average molecular weight is 507 g/mol. The van der Waals surface area contributed by atoms with Crippen molar-refractivity contribution in [2.45, 2.75) is 43.9 Å². The molecule has 2 aromatic rings. The highest BCUT2D eigenvalue weighted by atomic mass is 32.2. The van der Waals surface area contributed by atoms with Gasteiger partial charge in [-0.25, -0.2) is 9.18 Å². The van der Waals surface area contributed by atoms with Crippen molar-refractivity contribution < 1.29 is 19.1 Å². The van der Waals surface area contributed by atoms with Gasteiger partial charge in [0.15, 0.2) is 16.7 Å². The van der Waals surface area contributed by atoms with Gasteiger partial charge in [-0.15, -0.1) is 0 Å². The molecule has 4 bridgehead atoms. The maximum atomic E-state index is 15.1. The molecule has 186 valence electrons. The Balaban J connectivity index is 1.30. The van der Waals surface area contributed by atoms with Crippen molar-refractivity contribution in [2.24, 2.45) is 28.5 Å². The number of amidine groups is 1. The predicted octanol–water partition coefficient (Wildman–Crippen LogP) is 4.81. The first-order chi connectivity index (χ1) is 17.3. The Labute approximate surface area is 212 Å². The summed E-state index contributed by atoms with van der Waals surface area (Å²) in [5, 5.41) is 11.1. The molecule has 1 heterocycles. The molecule has 0 saturated heterocycles. The minimum Gasteiger partial charge on any atom is -0.505 e. The number of phenols is 1. The number of nitrogens with one attached hydrogen (secondary N) is 2. The van der Waals surface area contributed by atoms with Crippen LogP contribution in [0.25, 0.3) is 17.2 Å². The van der Waals surface area contributed by atoms with E-state index in [1.165, 1.54) is 25.3 Å². The monoisotopic (exact) mass is 506 g/mol. The lowest BCUT2D eigenvalue weighted by Gasteiger charge is -2.57. The number of hydrazine groups is 1. The molecule has 3 amide bonds. The molecular formula is C27H27FN4O3S. The van der Waals surface area contributed by atoms with E-state index in [1.807, 2.05) is 30.3 Å². The first kappa shape index (κ1) is 23.1. The molecule has 9 heteroatoms. The summed E-state index contributed by atoms with van der Waals surface area (Å²) in [4.78, 5) is 27.4. The summed E-state index contributed by atoms with van der Waals surface area (Å²) in [5.41, 5.74) is 12.6. The van der Waals surface area contributed by atoms with Crippen molar-refractivity contribution in [3.8, 4) is 16.9 Å². The van der Waals surface area contributed by atoms with Crippen molar-refractivity contribution in [3.05, 3.63) is 58.2 Å². The van der Waals surface area contributed by atoms with Crippen LogP contribution >= 0.6 is 11.8 Å². The average Bonchev–Trinajstić information content (AvgIpc) is 3.17. The first-order valence-corrected chi connectivity index (χ1v) is 13.1. The van der Waals surface area contributed by atoms with E-state index in [9.17, 15) is 14.7 Å². The van der Waals surface area contributed by atoms with E-state index in [0.717, 1.165) is 47.7 Å². The number of thioether (sulfide) groups is 1. The van der Waals surface area contributed by atoms with Gasteiger partial charge in [0.1, 0.15) is 0 Å². The second kappa shape index (κ2) is 8.65. The molecule has 4 saturated carbocycles. The van der Waals surface area contributed by atoms with Gasteiger partial charge in [0.05, 0.1) is 4.91 Å². The van der Waals surface area contributed by atoms with Gasteiger partial charge >= 0.3 is 6.03 Å². The normalized spacial score (nSPS) is 29.5. The van der Waals surface area contributed by atoms with Crippen molar-refractivity contribution >= 4 is 34.9 Å². The Morgan fingerprint density at radius 3 is 2.47 bits per heavy atom. The molecule has 0 atom stereocenters. The van der Waals surface area contributed by atoms with Gasteiger partial charge in [0, 0.05) is 5.56 Å². The Kier molecular flexibility index (Phi) is 5.55. The summed E-state index contributed by atoms with van der Waals surface area (Å²) in [7, 11) is 0. The number of phenolic OH excluding ortho intramolecular Hbond substituents is 1. The van der Waals surface area contributed by atoms with Crippen LogP contribution in [0.4, 0.5) is 9.18 Å². The predicted molar refractivity (Wildman–Crippen MR) is 137 cm³/mol. The number of halogens is 1. The fourth-order valence-electron chi connectivity index (χ4n) is 7.15. The summed E-state index contributed by atoms with van der Waals surface area (Å²) >= 11 is 1.08. The number of benzene rings is 2. The minimum absolute atomic E-state index is 0.137. The minimum atomic E-state index is -0.787. The smallest absolute Gasteiger partial charge is 0.330 e. The number of nitrogens with two attached hydrogens (primary N) is 1. The van der Waals surface area contributed by atoms with E-state index in [0.29, 0.717) is 28.2 Å². The molecule has 7 rings (SSSR count). The number of aromatic hydroxyl groups is 1. The van der Waals surface area contributed by atoms with E-state index >= 15 is 4.39 Å². The van der Waals surface area contributed by atoms with Crippen LogP contribution in [0.15, 0.2) is 46.3 Å². The Morgan fingerprint density at radius 2 is 1.81 bits per heavy atom. The van der Waals surface area contributed by atoms with E-state index in [1.54, 1.807) is 6.08 Å². The lowest BCUT2D eigenvalue weighted by atomic mass is 9.48. The van der Waals surface area contributed by atoms with E-state index < -0.39 is 17.8 Å².